The number of pyridine rings is 1. The number of hydrogen-bond donors (Lipinski definition) is 1. The highest BCUT2D eigenvalue weighted by atomic mass is 35.5. The van der Waals surface area contributed by atoms with Crippen molar-refractivity contribution in [3.63, 3.8) is 0 Å². The van der Waals surface area contributed by atoms with E-state index < -0.39 is 17.6 Å². The smallest absolute Gasteiger partial charge is 0.322 e. The van der Waals surface area contributed by atoms with Gasteiger partial charge < -0.3 is 9.88 Å². The minimum absolute atomic E-state index is 0.0900. The van der Waals surface area contributed by atoms with Crippen molar-refractivity contribution < 1.29 is 18.0 Å². The summed E-state index contributed by atoms with van der Waals surface area (Å²) in [6, 6.07) is 4.12. The van der Waals surface area contributed by atoms with Crippen LogP contribution in [0.3, 0.4) is 0 Å². The zero-order valence-corrected chi connectivity index (χ0v) is 13.9. The molecule has 5 nitrogen and oxygen atoms in total. The number of carbonyl (C=O) groups is 1. The van der Waals surface area contributed by atoms with E-state index in [9.17, 15) is 18.0 Å². The van der Waals surface area contributed by atoms with Crippen LogP contribution >= 0.6 is 11.6 Å². The van der Waals surface area contributed by atoms with Crippen molar-refractivity contribution in [2.45, 2.75) is 13.1 Å². The molecular formula is C16H12ClF3N4O. The zero-order chi connectivity index (χ0) is 18.4. The fraction of sp³-hybridized carbons (Fsp3) is 0.188. The van der Waals surface area contributed by atoms with Crippen molar-refractivity contribution >= 4 is 34.4 Å². The molecule has 0 aliphatic rings. The van der Waals surface area contributed by atoms with Gasteiger partial charge in [-0.25, -0.2) is 9.97 Å². The topological polar surface area (TPSA) is 59.8 Å². The van der Waals surface area contributed by atoms with Gasteiger partial charge in [0.05, 0.1) is 16.1 Å². The number of fused-ring (bicyclic) bond motifs is 1. The molecule has 2 heterocycles. The van der Waals surface area contributed by atoms with Crippen molar-refractivity contribution in [1.29, 1.82) is 0 Å². The minimum atomic E-state index is -4.43. The van der Waals surface area contributed by atoms with Crippen LogP contribution in [0.25, 0.3) is 11.2 Å². The molecule has 3 rings (SSSR count). The lowest BCUT2D eigenvalue weighted by molar-refractivity contribution is -0.137. The Morgan fingerprint density at radius 2 is 1.88 bits per heavy atom. The number of benzene rings is 1. The number of nitrogens with one attached hydrogen (secondary N) is 1. The number of carbonyl (C=O) groups excluding carboxylic acids is 1. The molecule has 130 valence electrons. The van der Waals surface area contributed by atoms with E-state index in [-0.39, 0.29) is 16.3 Å². The molecule has 0 saturated heterocycles. The van der Waals surface area contributed by atoms with Crippen LogP contribution in [0.1, 0.15) is 21.7 Å². The van der Waals surface area contributed by atoms with Crippen LogP contribution in [0.15, 0.2) is 30.5 Å². The molecule has 0 atom stereocenters. The zero-order valence-electron chi connectivity index (χ0n) is 13.1. The van der Waals surface area contributed by atoms with Gasteiger partial charge in [-0.15, -0.1) is 0 Å². The molecule has 0 fully saturated rings. The van der Waals surface area contributed by atoms with Crippen molar-refractivity contribution in [2.75, 3.05) is 5.32 Å². The Balaban J connectivity index is 1.89. The average Bonchev–Trinajstić information content (AvgIpc) is 2.83. The first-order valence-corrected chi connectivity index (χ1v) is 7.52. The highest BCUT2D eigenvalue weighted by molar-refractivity contribution is 6.38. The summed E-state index contributed by atoms with van der Waals surface area (Å²) in [5.74, 6) is 0.104. The predicted molar refractivity (Wildman–Crippen MR) is 87.7 cm³/mol. The summed E-state index contributed by atoms with van der Waals surface area (Å²) in [4.78, 5) is 20.8. The number of hydrogen-bond acceptors (Lipinski definition) is 3. The van der Waals surface area contributed by atoms with E-state index in [4.69, 9.17) is 11.6 Å². The summed E-state index contributed by atoms with van der Waals surface area (Å²) < 4.78 is 39.4. The van der Waals surface area contributed by atoms with E-state index in [1.165, 1.54) is 18.3 Å². The number of rotatable bonds is 2. The summed E-state index contributed by atoms with van der Waals surface area (Å²) in [7, 11) is 1.77. The monoisotopic (exact) mass is 368 g/mol. The molecule has 0 bridgehead atoms. The maximum Gasteiger partial charge on any atom is 0.416 e. The van der Waals surface area contributed by atoms with Crippen LogP contribution < -0.4 is 5.32 Å². The number of imidazole rings is 1. The fourth-order valence-electron chi connectivity index (χ4n) is 2.30. The minimum Gasteiger partial charge on any atom is -0.322 e. The molecule has 0 unspecified atom stereocenters. The highest BCUT2D eigenvalue weighted by Crippen LogP contribution is 2.30. The van der Waals surface area contributed by atoms with Gasteiger partial charge in [0, 0.05) is 18.9 Å². The summed E-state index contributed by atoms with van der Waals surface area (Å²) in [6.07, 6.45) is -3.12. The Kier molecular flexibility index (Phi) is 4.16. The fourth-order valence-corrected chi connectivity index (χ4v) is 2.56. The lowest BCUT2D eigenvalue weighted by Crippen LogP contribution is -2.13. The van der Waals surface area contributed by atoms with Gasteiger partial charge in [-0.3, -0.25) is 4.79 Å². The van der Waals surface area contributed by atoms with Crippen LogP contribution in [0.2, 0.25) is 5.02 Å². The first kappa shape index (κ1) is 17.2. The lowest BCUT2D eigenvalue weighted by atomic mass is 10.2. The van der Waals surface area contributed by atoms with Crippen LogP contribution in [0, 0.1) is 6.92 Å². The van der Waals surface area contributed by atoms with Gasteiger partial charge in [0.2, 0.25) is 0 Å². The number of aromatic nitrogens is 3. The second-order valence-corrected chi connectivity index (χ2v) is 5.78. The molecule has 2 aromatic heterocycles. The van der Waals surface area contributed by atoms with E-state index in [1.807, 2.05) is 0 Å². The predicted octanol–water partition coefficient (Wildman–Crippen LogP) is 4.20. The molecule has 0 spiro atoms. The Bertz CT molecular complexity index is 964. The lowest BCUT2D eigenvalue weighted by Gasteiger charge is -2.09. The van der Waals surface area contributed by atoms with Gasteiger partial charge >= 0.3 is 6.18 Å². The SMILES string of the molecule is Cc1nc2c(Cl)c(C(=O)Nc3ccc(C(F)(F)F)cc3)cnc2n1C. The van der Waals surface area contributed by atoms with Crippen LogP contribution in [0.5, 0.6) is 0 Å². The highest BCUT2D eigenvalue weighted by Gasteiger charge is 2.30. The third-order valence-electron chi connectivity index (χ3n) is 3.76. The standard InChI is InChI=1S/C16H12ClF3N4O/c1-8-22-13-12(17)11(7-21-14(13)24(8)2)15(25)23-10-5-3-9(4-6-10)16(18,19)20/h3-7H,1-2H3,(H,23,25). The van der Waals surface area contributed by atoms with Crippen molar-refractivity contribution in [2.24, 2.45) is 7.05 Å². The Morgan fingerprint density at radius 3 is 2.48 bits per heavy atom. The van der Waals surface area contributed by atoms with Gasteiger partial charge in [0.15, 0.2) is 5.65 Å². The van der Waals surface area contributed by atoms with Crippen molar-refractivity contribution in [1.82, 2.24) is 14.5 Å². The Labute approximate surface area is 145 Å². The molecule has 1 amide bonds. The molecular weight excluding hydrogens is 357 g/mol. The molecule has 0 radical (unpaired) electrons. The van der Waals surface area contributed by atoms with E-state index in [2.05, 4.69) is 15.3 Å². The van der Waals surface area contributed by atoms with Gasteiger partial charge in [-0.05, 0) is 31.2 Å². The number of alkyl halides is 3. The van der Waals surface area contributed by atoms with Gasteiger partial charge in [-0.2, -0.15) is 13.2 Å². The first-order chi connectivity index (χ1) is 11.7. The van der Waals surface area contributed by atoms with Crippen LogP contribution in [-0.4, -0.2) is 20.4 Å². The van der Waals surface area contributed by atoms with Crippen molar-refractivity contribution in [3.8, 4) is 0 Å². The number of amides is 1. The second kappa shape index (κ2) is 6.03. The normalized spacial score (nSPS) is 11.8. The Hall–Kier alpha value is -2.61. The van der Waals surface area contributed by atoms with Gasteiger partial charge in [0.25, 0.3) is 5.91 Å². The van der Waals surface area contributed by atoms with Crippen molar-refractivity contribution in [3.05, 3.63) is 52.4 Å². The summed E-state index contributed by atoms with van der Waals surface area (Å²) in [6.45, 7) is 1.78. The van der Waals surface area contributed by atoms with Gasteiger partial charge in [0.1, 0.15) is 11.3 Å². The van der Waals surface area contributed by atoms with E-state index >= 15 is 0 Å². The molecule has 0 saturated carbocycles. The third kappa shape index (κ3) is 3.17. The maximum atomic E-state index is 12.6. The number of anilines is 1. The molecule has 0 aliphatic carbocycles. The van der Waals surface area contributed by atoms with Gasteiger partial charge in [-0.1, -0.05) is 11.6 Å². The summed E-state index contributed by atoms with van der Waals surface area (Å²) in [5.41, 5.74) is 0.435. The number of nitrogens with zero attached hydrogens (tertiary/aromatic N) is 3. The van der Waals surface area contributed by atoms with E-state index in [0.29, 0.717) is 17.0 Å². The number of aryl methyl sites for hydroxylation is 2. The van der Waals surface area contributed by atoms with E-state index in [1.54, 1.807) is 18.5 Å². The largest absolute Gasteiger partial charge is 0.416 e. The van der Waals surface area contributed by atoms with Crippen LogP contribution in [-0.2, 0) is 13.2 Å². The van der Waals surface area contributed by atoms with E-state index in [0.717, 1.165) is 12.1 Å². The number of halogens is 4. The van der Waals surface area contributed by atoms with Crippen LogP contribution in [0.4, 0.5) is 18.9 Å². The summed E-state index contributed by atoms with van der Waals surface area (Å²) >= 11 is 6.25. The first-order valence-electron chi connectivity index (χ1n) is 7.14. The maximum absolute atomic E-state index is 12.6. The molecule has 1 aromatic carbocycles. The molecule has 0 aliphatic heterocycles. The molecule has 9 heteroatoms. The quantitative estimate of drug-likeness (QED) is 0.737. The molecule has 1 N–H and O–H groups in total. The Morgan fingerprint density at radius 1 is 1.24 bits per heavy atom. The second-order valence-electron chi connectivity index (χ2n) is 5.41. The summed E-state index contributed by atoms with van der Waals surface area (Å²) in [5, 5.41) is 2.64. The molecule has 25 heavy (non-hydrogen) atoms. The molecule has 3 aromatic rings. The third-order valence-corrected chi connectivity index (χ3v) is 4.15. The average molecular weight is 369 g/mol.